The lowest BCUT2D eigenvalue weighted by Gasteiger charge is -2.22. The summed E-state index contributed by atoms with van der Waals surface area (Å²) in [4.78, 5) is 13.8. The van der Waals surface area contributed by atoms with Crippen LogP contribution >= 0.6 is 0 Å². The van der Waals surface area contributed by atoms with Gasteiger partial charge in [0.2, 0.25) is 5.91 Å². The van der Waals surface area contributed by atoms with E-state index < -0.39 is 0 Å². The normalized spacial score (nSPS) is 13.6. The number of hydrogen-bond acceptors (Lipinski definition) is 3. The van der Waals surface area contributed by atoms with E-state index in [2.05, 4.69) is 36.4 Å². The molecule has 0 saturated heterocycles. The molecule has 0 aromatic carbocycles. The molecule has 0 aliphatic rings. The Morgan fingerprint density at radius 3 is 2.19 bits per heavy atom. The number of carbonyl (C=O) groups is 1. The first-order chi connectivity index (χ1) is 7.34. The molecule has 0 aliphatic carbocycles. The number of amides is 1. The molecular weight excluding hydrogens is 202 g/mol. The van der Waals surface area contributed by atoms with Crippen molar-refractivity contribution in [3.63, 3.8) is 0 Å². The molecule has 0 heterocycles. The van der Waals surface area contributed by atoms with Crippen LogP contribution in [0, 0.1) is 0 Å². The zero-order chi connectivity index (χ0) is 12.7. The van der Waals surface area contributed by atoms with E-state index in [1.54, 1.807) is 0 Å². The van der Waals surface area contributed by atoms with Crippen LogP contribution in [0.5, 0.6) is 0 Å². The van der Waals surface area contributed by atoms with E-state index >= 15 is 0 Å². The van der Waals surface area contributed by atoms with Crippen molar-refractivity contribution in [2.75, 3.05) is 20.1 Å². The summed E-state index contributed by atoms with van der Waals surface area (Å²) in [5.41, 5.74) is 0. The van der Waals surface area contributed by atoms with Gasteiger partial charge in [0.05, 0.1) is 6.04 Å². The van der Waals surface area contributed by atoms with E-state index in [1.807, 2.05) is 20.8 Å². The maximum absolute atomic E-state index is 11.6. The van der Waals surface area contributed by atoms with Crippen molar-refractivity contribution in [3.05, 3.63) is 0 Å². The van der Waals surface area contributed by atoms with Crippen LogP contribution < -0.4 is 10.6 Å². The summed E-state index contributed by atoms with van der Waals surface area (Å²) in [7, 11) is 2.09. The molecule has 96 valence electrons. The van der Waals surface area contributed by atoms with Crippen LogP contribution in [-0.2, 0) is 4.79 Å². The fourth-order valence-electron chi connectivity index (χ4n) is 1.22. The average Bonchev–Trinajstić information content (AvgIpc) is 2.15. The number of likely N-dealkylation sites (N-methyl/N-ethyl adjacent to an activating group) is 1. The molecule has 1 atom stereocenters. The zero-order valence-electron chi connectivity index (χ0n) is 11.5. The van der Waals surface area contributed by atoms with Crippen LogP contribution in [0.1, 0.15) is 34.6 Å². The van der Waals surface area contributed by atoms with Crippen LogP contribution in [-0.4, -0.2) is 49.1 Å². The second kappa shape index (κ2) is 7.63. The van der Waals surface area contributed by atoms with E-state index in [9.17, 15) is 4.79 Å². The van der Waals surface area contributed by atoms with Gasteiger partial charge in [-0.2, -0.15) is 0 Å². The van der Waals surface area contributed by atoms with Gasteiger partial charge in [-0.25, -0.2) is 0 Å². The molecule has 0 aliphatic heterocycles. The maximum Gasteiger partial charge on any atom is 0.237 e. The third kappa shape index (κ3) is 6.80. The lowest BCUT2D eigenvalue weighted by atomic mass is 10.2. The molecule has 0 radical (unpaired) electrons. The van der Waals surface area contributed by atoms with Crippen LogP contribution in [0.3, 0.4) is 0 Å². The minimum Gasteiger partial charge on any atom is -0.353 e. The predicted molar refractivity (Wildman–Crippen MR) is 68.5 cm³/mol. The molecular formula is C12H27N3O. The summed E-state index contributed by atoms with van der Waals surface area (Å²) in [5.74, 6) is 0.0715. The van der Waals surface area contributed by atoms with Gasteiger partial charge in [0, 0.05) is 25.2 Å². The lowest BCUT2D eigenvalue weighted by Crippen LogP contribution is -2.46. The summed E-state index contributed by atoms with van der Waals surface area (Å²) in [6.45, 7) is 11.9. The standard InChI is InChI=1S/C12H27N3O/c1-9(2)14-12(16)11(5)13-7-8-15(6)10(3)4/h9-11,13H,7-8H2,1-6H3,(H,14,16). The summed E-state index contributed by atoms with van der Waals surface area (Å²) in [6, 6.07) is 0.625. The van der Waals surface area contributed by atoms with Crippen molar-refractivity contribution in [1.29, 1.82) is 0 Å². The Kier molecular flexibility index (Phi) is 7.34. The molecule has 0 spiro atoms. The Morgan fingerprint density at radius 1 is 1.19 bits per heavy atom. The molecule has 0 saturated carbocycles. The SMILES string of the molecule is CC(C)NC(=O)C(C)NCCN(C)C(C)C. The fourth-order valence-corrected chi connectivity index (χ4v) is 1.22. The Balaban J connectivity index is 3.72. The van der Waals surface area contributed by atoms with Gasteiger partial charge in [-0.15, -0.1) is 0 Å². The highest BCUT2D eigenvalue weighted by molar-refractivity contribution is 5.81. The van der Waals surface area contributed by atoms with Gasteiger partial charge in [0.15, 0.2) is 0 Å². The first-order valence-corrected chi connectivity index (χ1v) is 6.08. The van der Waals surface area contributed by atoms with E-state index in [1.165, 1.54) is 0 Å². The van der Waals surface area contributed by atoms with Gasteiger partial charge >= 0.3 is 0 Å². The topological polar surface area (TPSA) is 44.4 Å². The van der Waals surface area contributed by atoms with Gasteiger partial charge in [-0.3, -0.25) is 4.79 Å². The Bertz CT molecular complexity index is 204. The summed E-state index contributed by atoms with van der Waals surface area (Å²) in [6.07, 6.45) is 0. The predicted octanol–water partition coefficient (Wildman–Crippen LogP) is 0.829. The molecule has 0 aromatic heterocycles. The van der Waals surface area contributed by atoms with Crippen LogP contribution in [0.4, 0.5) is 0 Å². The Hall–Kier alpha value is -0.610. The average molecular weight is 229 g/mol. The first kappa shape index (κ1) is 15.4. The van der Waals surface area contributed by atoms with Crippen molar-refractivity contribution in [2.45, 2.75) is 52.7 Å². The quantitative estimate of drug-likeness (QED) is 0.679. The highest BCUT2D eigenvalue weighted by atomic mass is 16.2. The second-order valence-corrected chi connectivity index (χ2v) is 4.91. The number of nitrogens with one attached hydrogen (secondary N) is 2. The third-order valence-corrected chi connectivity index (χ3v) is 2.62. The zero-order valence-corrected chi connectivity index (χ0v) is 11.5. The Morgan fingerprint density at radius 2 is 1.75 bits per heavy atom. The lowest BCUT2D eigenvalue weighted by molar-refractivity contribution is -0.123. The van der Waals surface area contributed by atoms with Crippen molar-refractivity contribution in [3.8, 4) is 0 Å². The largest absolute Gasteiger partial charge is 0.353 e. The molecule has 1 amide bonds. The minimum atomic E-state index is -0.122. The van der Waals surface area contributed by atoms with Gasteiger partial charge in [-0.05, 0) is 41.7 Å². The first-order valence-electron chi connectivity index (χ1n) is 6.08. The van der Waals surface area contributed by atoms with E-state index in [-0.39, 0.29) is 18.0 Å². The van der Waals surface area contributed by atoms with E-state index in [0.717, 1.165) is 13.1 Å². The van der Waals surface area contributed by atoms with Gasteiger partial charge in [-0.1, -0.05) is 0 Å². The Labute approximate surface area is 99.8 Å². The third-order valence-electron chi connectivity index (χ3n) is 2.62. The molecule has 0 bridgehead atoms. The van der Waals surface area contributed by atoms with Crippen molar-refractivity contribution in [2.24, 2.45) is 0 Å². The molecule has 2 N–H and O–H groups in total. The maximum atomic E-state index is 11.6. The monoisotopic (exact) mass is 229 g/mol. The molecule has 4 nitrogen and oxygen atoms in total. The smallest absolute Gasteiger partial charge is 0.237 e. The van der Waals surface area contributed by atoms with Crippen LogP contribution in [0.15, 0.2) is 0 Å². The number of rotatable bonds is 7. The van der Waals surface area contributed by atoms with Crippen LogP contribution in [0.25, 0.3) is 0 Å². The fraction of sp³-hybridized carbons (Fsp3) is 0.917. The molecule has 0 aromatic rings. The number of carbonyl (C=O) groups excluding carboxylic acids is 1. The second-order valence-electron chi connectivity index (χ2n) is 4.91. The highest BCUT2D eigenvalue weighted by Crippen LogP contribution is 1.92. The number of hydrogen-bond donors (Lipinski definition) is 2. The van der Waals surface area contributed by atoms with Gasteiger partial charge in [0.25, 0.3) is 0 Å². The summed E-state index contributed by atoms with van der Waals surface area (Å²) in [5, 5.41) is 6.11. The molecule has 0 fully saturated rings. The van der Waals surface area contributed by atoms with E-state index in [4.69, 9.17) is 0 Å². The van der Waals surface area contributed by atoms with E-state index in [0.29, 0.717) is 6.04 Å². The van der Waals surface area contributed by atoms with Crippen LogP contribution in [0.2, 0.25) is 0 Å². The molecule has 4 heteroatoms. The molecule has 1 unspecified atom stereocenters. The van der Waals surface area contributed by atoms with Crippen molar-refractivity contribution < 1.29 is 4.79 Å². The van der Waals surface area contributed by atoms with Gasteiger partial charge in [0.1, 0.15) is 0 Å². The number of nitrogens with zero attached hydrogens (tertiary/aromatic N) is 1. The minimum absolute atomic E-state index is 0.0715. The summed E-state index contributed by atoms with van der Waals surface area (Å²) >= 11 is 0. The molecule has 0 rings (SSSR count). The van der Waals surface area contributed by atoms with Crippen molar-refractivity contribution >= 4 is 5.91 Å². The van der Waals surface area contributed by atoms with Crippen molar-refractivity contribution in [1.82, 2.24) is 15.5 Å². The highest BCUT2D eigenvalue weighted by Gasteiger charge is 2.12. The van der Waals surface area contributed by atoms with Gasteiger partial charge < -0.3 is 15.5 Å². The summed E-state index contributed by atoms with van der Waals surface area (Å²) < 4.78 is 0. The molecule has 16 heavy (non-hydrogen) atoms.